The second kappa shape index (κ2) is 10.5. The summed E-state index contributed by atoms with van der Waals surface area (Å²) in [5, 5.41) is 0.690. The minimum Gasteiger partial charge on any atom is -0.342 e. The van der Waals surface area contributed by atoms with Gasteiger partial charge in [-0.2, -0.15) is 0 Å². The average molecular weight is 419 g/mol. The predicted molar refractivity (Wildman–Crippen MR) is 118 cm³/mol. The Hall–Kier alpha value is -1.55. The van der Waals surface area contributed by atoms with Gasteiger partial charge in [0, 0.05) is 37.1 Å². The second-order valence-electron chi connectivity index (χ2n) is 8.63. The summed E-state index contributed by atoms with van der Waals surface area (Å²) in [5.74, 6) is 1.12. The van der Waals surface area contributed by atoms with Crippen molar-refractivity contribution >= 4 is 23.4 Å². The zero-order valence-corrected chi connectivity index (χ0v) is 18.7. The van der Waals surface area contributed by atoms with Crippen molar-refractivity contribution in [2.75, 3.05) is 26.2 Å². The third-order valence-corrected chi connectivity index (χ3v) is 6.76. The molecule has 2 amide bonds. The quantitative estimate of drug-likeness (QED) is 0.593. The van der Waals surface area contributed by atoms with Crippen molar-refractivity contribution in [1.82, 2.24) is 9.80 Å². The molecule has 2 aliphatic heterocycles. The molecule has 2 aliphatic rings. The van der Waals surface area contributed by atoms with Crippen molar-refractivity contribution in [2.45, 2.75) is 71.1 Å². The highest BCUT2D eigenvalue weighted by Crippen LogP contribution is 2.33. The van der Waals surface area contributed by atoms with E-state index in [1.165, 1.54) is 5.56 Å². The van der Waals surface area contributed by atoms with Crippen LogP contribution in [0.15, 0.2) is 18.2 Å². The molecule has 0 N–H and O–H groups in total. The molecule has 5 heteroatoms. The first-order chi connectivity index (χ1) is 14.0. The van der Waals surface area contributed by atoms with Crippen LogP contribution in [0.3, 0.4) is 0 Å². The van der Waals surface area contributed by atoms with Crippen LogP contribution in [0.2, 0.25) is 5.02 Å². The summed E-state index contributed by atoms with van der Waals surface area (Å²) in [6, 6.07) is 6.00. The van der Waals surface area contributed by atoms with Gasteiger partial charge in [-0.05, 0) is 61.3 Å². The van der Waals surface area contributed by atoms with E-state index in [9.17, 15) is 9.59 Å². The van der Waals surface area contributed by atoms with E-state index in [1.807, 2.05) is 17.0 Å². The predicted octanol–water partition coefficient (Wildman–Crippen LogP) is 5.04. The Kier molecular flexibility index (Phi) is 7.99. The number of amides is 2. The van der Waals surface area contributed by atoms with Crippen molar-refractivity contribution in [2.24, 2.45) is 5.92 Å². The summed E-state index contributed by atoms with van der Waals surface area (Å²) in [6.07, 6.45) is 7.57. The molecule has 3 rings (SSSR count). The van der Waals surface area contributed by atoms with Gasteiger partial charge in [-0.3, -0.25) is 9.59 Å². The van der Waals surface area contributed by atoms with Gasteiger partial charge < -0.3 is 9.80 Å². The average Bonchev–Trinajstić information content (AvgIpc) is 2.66. The number of benzene rings is 1. The van der Waals surface area contributed by atoms with Crippen LogP contribution in [0.4, 0.5) is 0 Å². The molecule has 0 radical (unpaired) electrons. The summed E-state index contributed by atoms with van der Waals surface area (Å²) < 4.78 is 0. The minimum absolute atomic E-state index is 0.182. The Bertz CT molecular complexity index is 703. The van der Waals surface area contributed by atoms with Gasteiger partial charge in [0.05, 0.1) is 6.42 Å². The van der Waals surface area contributed by atoms with Crippen molar-refractivity contribution in [3.63, 3.8) is 0 Å². The van der Waals surface area contributed by atoms with Crippen LogP contribution in [0.25, 0.3) is 0 Å². The molecule has 1 aromatic carbocycles. The number of hydrogen-bond acceptors (Lipinski definition) is 2. The third-order valence-electron chi connectivity index (χ3n) is 6.53. The zero-order valence-electron chi connectivity index (χ0n) is 18.0. The molecule has 2 fully saturated rings. The first-order valence-corrected chi connectivity index (χ1v) is 11.8. The van der Waals surface area contributed by atoms with E-state index in [-0.39, 0.29) is 11.8 Å². The SMILES string of the molecule is CCCC(CCC)C(=O)N1CCC(c2ccc(Cl)cc2CC(=O)N2CCC2)CC1. The van der Waals surface area contributed by atoms with E-state index in [0.29, 0.717) is 23.3 Å². The fourth-order valence-electron chi connectivity index (χ4n) is 4.72. The normalized spacial score (nSPS) is 17.5. The molecule has 1 aromatic rings. The van der Waals surface area contributed by atoms with Gasteiger partial charge in [-0.25, -0.2) is 0 Å². The first-order valence-electron chi connectivity index (χ1n) is 11.4. The lowest BCUT2D eigenvalue weighted by Crippen LogP contribution is -2.43. The summed E-state index contributed by atoms with van der Waals surface area (Å²) in [5.41, 5.74) is 2.31. The topological polar surface area (TPSA) is 40.6 Å². The highest BCUT2D eigenvalue weighted by atomic mass is 35.5. The van der Waals surface area contributed by atoms with Crippen LogP contribution in [0.1, 0.15) is 75.8 Å². The largest absolute Gasteiger partial charge is 0.342 e. The molecule has 29 heavy (non-hydrogen) atoms. The van der Waals surface area contributed by atoms with Crippen molar-refractivity contribution in [3.05, 3.63) is 34.3 Å². The molecule has 2 saturated heterocycles. The molecule has 2 heterocycles. The van der Waals surface area contributed by atoms with Gasteiger partial charge >= 0.3 is 0 Å². The maximum Gasteiger partial charge on any atom is 0.227 e. The van der Waals surface area contributed by atoms with Crippen LogP contribution in [-0.4, -0.2) is 47.8 Å². The molecular formula is C24H35ClN2O2. The lowest BCUT2D eigenvalue weighted by molar-refractivity contribution is -0.137. The van der Waals surface area contributed by atoms with Crippen molar-refractivity contribution in [3.8, 4) is 0 Å². The summed E-state index contributed by atoms with van der Waals surface area (Å²) in [7, 11) is 0. The highest BCUT2D eigenvalue weighted by molar-refractivity contribution is 6.30. The lowest BCUT2D eigenvalue weighted by atomic mass is 9.84. The van der Waals surface area contributed by atoms with E-state index in [4.69, 9.17) is 11.6 Å². The molecule has 0 atom stereocenters. The van der Waals surface area contributed by atoms with Crippen LogP contribution in [0.5, 0.6) is 0 Å². The fraction of sp³-hybridized carbons (Fsp3) is 0.667. The van der Waals surface area contributed by atoms with Crippen LogP contribution >= 0.6 is 11.6 Å². The molecular weight excluding hydrogens is 384 g/mol. The van der Waals surface area contributed by atoms with E-state index in [2.05, 4.69) is 24.8 Å². The maximum absolute atomic E-state index is 13.0. The Morgan fingerprint density at radius 2 is 1.69 bits per heavy atom. The monoisotopic (exact) mass is 418 g/mol. The minimum atomic E-state index is 0.182. The molecule has 0 saturated carbocycles. The van der Waals surface area contributed by atoms with Crippen LogP contribution in [0, 0.1) is 5.92 Å². The van der Waals surface area contributed by atoms with Gasteiger partial charge in [-0.1, -0.05) is 44.4 Å². The lowest BCUT2D eigenvalue weighted by Gasteiger charge is -2.35. The highest BCUT2D eigenvalue weighted by Gasteiger charge is 2.29. The summed E-state index contributed by atoms with van der Waals surface area (Å²) >= 11 is 6.25. The standard InChI is InChI=1S/C24H35ClN2O2/c1-3-6-19(7-4-2)24(29)27-14-10-18(11-15-27)22-9-8-21(25)16-20(22)17-23(28)26-12-5-13-26/h8-9,16,18-19H,3-7,10-15,17H2,1-2H3. The molecule has 0 unspecified atom stereocenters. The number of piperidine rings is 1. The molecule has 0 aliphatic carbocycles. The molecule has 0 aromatic heterocycles. The van der Waals surface area contributed by atoms with Crippen LogP contribution < -0.4 is 0 Å². The number of carbonyl (C=O) groups is 2. The Morgan fingerprint density at radius 1 is 1.03 bits per heavy atom. The number of likely N-dealkylation sites (tertiary alicyclic amines) is 2. The first kappa shape index (κ1) is 22.1. The van der Waals surface area contributed by atoms with Gasteiger partial charge in [-0.15, -0.1) is 0 Å². The number of hydrogen-bond donors (Lipinski definition) is 0. The smallest absolute Gasteiger partial charge is 0.227 e. The van der Waals surface area contributed by atoms with Crippen molar-refractivity contribution < 1.29 is 9.59 Å². The molecule has 0 bridgehead atoms. The van der Waals surface area contributed by atoms with Gasteiger partial charge in [0.15, 0.2) is 0 Å². The zero-order chi connectivity index (χ0) is 20.8. The Balaban J connectivity index is 1.64. The molecule has 4 nitrogen and oxygen atoms in total. The number of nitrogens with zero attached hydrogens (tertiary/aromatic N) is 2. The van der Waals surface area contributed by atoms with Gasteiger partial charge in [0.25, 0.3) is 0 Å². The maximum atomic E-state index is 13.0. The second-order valence-corrected chi connectivity index (χ2v) is 9.06. The van der Waals surface area contributed by atoms with Crippen LogP contribution in [-0.2, 0) is 16.0 Å². The Labute approximate surface area is 180 Å². The van der Waals surface area contributed by atoms with E-state index >= 15 is 0 Å². The summed E-state index contributed by atoms with van der Waals surface area (Å²) in [4.78, 5) is 29.5. The number of carbonyl (C=O) groups excluding carboxylic acids is 2. The third kappa shape index (κ3) is 5.53. The van der Waals surface area contributed by atoms with Crippen molar-refractivity contribution in [1.29, 1.82) is 0 Å². The van der Waals surface area contributed by atoms with E-state index in [1.54, 1.807) is 0 Å². The van der Waals surface area contributed by atoms with Gasteiger partial charge in [0.2, 0.25) is 11.8 Å². The number of halogens is 1. The Morgan fingerprint density at radius 3 is 2.24 bits per heavy atom. The van der Waals surface area contributed by atoms with E-state index in [0.717, 1.165) is 76.7 Å². The number of rotatable bonds is 8. The summed E-state index contributed by atoms with van der Waals surface area (Å²) in [6.45, 7) is 7.71. The molecule has 160 valence electrons. The molecule has 0 spiro atoms. The van der Waals surface area contributed by atoms with E-state index < -0.39 is 0 Å². The fourth-order valence-corrected chi connectivity index (χ4v) is 4.92. The van der Waals surface area contributed by atoms with Gasteiger partial charge in [0.1, 0.15) is 0 Å².